The van der Waals surface area contributed by atoms with Gasteiger partial charge < -0.3 is 20.9 Å². The molecular formula is C24H25FN6O. The maximum Gasteiger partial charge on any atom is 0.251 e. The number of hydrogen-bond acceptors (Lipinski definition) is 6. The number of aromatic nitrogens is 2. The van der Waals surface area contributed by atoms with Gasteiger partial charge in [-0.25, -0.2) is 4.98 Å². The number of halogens is 1. The molecule has 5 rings (SSSR count). The lowest BCUT2D eigenvalue weighted by atomic mass is 9.94. The van der Waals surface area contributed by atoms with Crippen LogP contribution in [0.1, 0.15) is 15.9 Å². The molecule has 1 fully saturated rings. The van der Waals surface area contributed by atoms with Gasteiger partial charge in [0.15, 0.2) is 0 Å². The molecule has 0 radical (unpaired) electrons. The molecule has 32 heavy (non-hydrogen) atoms. The Bertz CT molecular complexity index is 1170. The number of amides is 1. The monoisotopic (exact) mass is 432 g/mol. The average molecular weight is 433 g/mol. The lowest BCUT2D eigenvalue weighted by Gasteiger charge is -2.33. The highest BCUT2D eigenvalue weighted by molar-refractivity contribution is 5.97. The molecule has 8 heteroatoms. The van der Waals surface area contributed by atoms with Crippen molar-refractivity contribution in [1.82, 2.24) is 20.2 Å². The molecule has 2 aliphatic heterocycles. The molecular weight excluding hydrogens is 407 g/mol. The molecule has 1 amide bonds. The van der Waals surface area contributed by atoms with Crippen molar-refractivity contribution in [1.29, 1.82) is 0 Å². The van der Waals surface area contributed by atoms with E-state index in [-0.39, 0.29) is 11.7 Å². The molecule has 3 aromatic rings. The number of piperazine rings is 1. The minimum absolute atomic E-state index is 0.0756. The van der Waals surface area contributed by atoms with Gasteiger partial charge in [0.05, 0.1) is 23.1 Å². The fraction of sp³-hybridized carbons (Fsp3) is 0.292. The van der Waals surface area contributed by atoms with Gasteiger partial charge in [-0.3, -0.25) is 9.78 Å². The zero-order valence-corrected chi connectivity index (χ0v) is 17.9. The number of nitrogens with one attached hydrogen (secondary N) is 1. The molecule has 1 saturated heterocycles. The van der Waals surface area contributed by atoms with E-state index in [1.807, 2.05) is 24.3 Å². The second-order valence-electron chi connectivity index (χ2n) is 8.33. The Morgan fingerprint density at radius 2 is 1.84 bits per heavy atom. The van der Waals surface area contributed by atoms with Crippen LogP contribution >= 0.6 is 0 Å². The van der Waals surface area contributed by atoms with Crippen LogP contribution in [-0.4, -0.2) is 60.5 Å². The largest absolute Gasteiger partial charge is 0.383 e. The van der Waals surface area contributed by atoms with E-state index >= 15 is 0 Å². The number of nitrogens with two attached hydrogens (primary N) is 1. The first-order chi connectivity index (χ1) is 15.5. The van der Waals surface area contributed by atoms with Crippen LogP contribution < -0.4 is 16.0 Å². The number of benzene rings is 1. The first kappa shape index (κ1) is 20.4. The third-order valence-corrected chi connectivity index (χ3v) is 6.24. The first-order valence-corrected chi connectivity index (χ1v) is 10.8. The SMILES string of the molecule is CN1CCN(c2ccc(-c3cc(-c4ccc5c(c4)CCNC5=O)c(N)nc3F)nc2)CC1. The molecule has 0 saturated carbocycles. The summed E-state index contributed by atoms with van der Waals surface area (Å²) >= 11 is 0. The molecule has 0 aliphatic carbocycles. The molecule has 7 nitrogen and oxygen atoms in total. The maximum atomic E-state index is 14.8. The number of fused-ring (bicyclic) bond motifs is 1. The Kier molecular flexibility index (Phi) is 5.22. The Balaban J connectivity index is 1.47. The maximum absolute atomic E-state index is 14.8. The number of carbonyl (C=O) groups is 1. The summed E-state index contributed by atoms with van der Waals surface area (Å²) in [5.74, 6) is -0.614. The van der Waals surface area contributed by atoms with E-state index < -0.39 is 5.95 Å². The Labute approximate surface area is 186 Å². The molecule has 1 aromatic carbocycles. The molecule has 0 atom stereocenters. The summed E-state index contributed by atoms with van der Waals surface area (Å²) in [6.07, 6.45) is 2.53. The minimum atomic E-state index is -0.650. The molecule has 0 unspecified atom stereocenters. The highest BCUT2D eigenvalue weighted by Crippen LogP contribution is 2.33. The summed E-state index contributed by atoms with van der Waals surface area (Å²) in [5, 5.41) is 2.84. The van der Waals surface area contributed by atoms with E-state index in [0.29, 0.717) is 28.9 Å². The summed E-state index contributed by atoms with van der Waals surface area (Å²) in [5.41, 5.74) is 11.0. The number of nitrogens with zero attached hydrogens (tertiary/aromatic N) is 4. The number of nitrogen functional groups attached to an aromatic ring is 1. The average Bonchev–Trinajstić information content (AvgIpc) is 2.80. The molecule has 4 heterocycles. The van der Waals surface area contributed by atoms with Gasteiger partial charge in [0, 0.05) is 43.9 Å². The van der Waals surface area contributed by atoms with Crippen molar-refractivity contribution in [2.75, 3.05) is 50.4 Å². The summed E-state index contributed by atoms with van der Waals surface area (Å²) in [6.45, 7) is 4.49. The minimum Gasteiger partial charge on any atom is -0.383 e. The van der Waals surface area contributed by atoms with Gasteiger partial charge in [-0.05, 0) is 48.9 Å². The van der Waals surface area contributed by atoms with Crippen LogP contribution in [-0.2, 0) is 6.42 Å². The second-order valence-corrected chi connectivity index (χ2v) is 8.33. The molecule has 2 aliphatic rings. The van der Waals surface area contributed by atoms with E-state index in [1.54, 1.807) is 18.3 Å². The molecule has 2 aromatic heterocycles. The van der Waals surface area contributed by atoms with Crippen molar-refractivity contribution in [2.45, 2.75) is 6.42 Å². The van der Waals surface area contributed by atoms with Crippen LogP contribution in [0.5, 0.6) is 0 Å². The molecule has 0 spiro atoms. The van der Waals surface area contributed by atoms with Gasteiger partial charge in [-0.2, -0.15) is 4.39 Å². The summed E-state index contributed by atoms with van der Waals surface area (Å²) in [4.78, 5) is 25.1. The lowest BCUT2D eigenvalue weighted by molar-refractivity contribution is 0.0946. The van der Waals surface area contributed by atoms with Crippen LogP contribution in [0.25, 0.3) is 22.4 Å². The summed E-state index contributed by atoms with van der Waals surface area (Å²) in [7, 11) is 2.12. The predicted molar refractivity (Wildman–Crippen MR) is 123 cm³/mol. The fourth-order valence-electron chi connectivity index (χ4n) is 4.31. The molecule has 3 N–H and O–H groups in total. The summed E-state index contributed by atoms with van der Waals surface area (Å²) in [6, 6.07) is 11.0. The number of carbonyl (C=O) groups excluding carboxylic acids is 1. The Hall–Kier alpha value is -3.52. The van der Waals surface area contributed by atoms with Gasteiger partial charge in [-0.15, -0.1) is 0 Å². The van der Waals surface area contributed by atoms with Crippen LogP contribution in [0.4, 0.5) is 15.9 Å². The third-order valence-electron chi connectivity index (χ3n) is 6.24. The zero-order chi connectivity index (χ0) is 22.2. The highest BCUT2D eigenvalue weighted by atomic mass is 19.1. The number of anilines is 2. The van der Waals surface area contributed by atoms with Gasteiger partial charge in [0.2, 0.25) is 5.95 Å². The topological polar surface area (TPSA) is 87.4 Å². The van der Waals surface area contributed by atoms with E-state index in [1.165, 1.54) is 0 Å². The molecule has 0 bridgehead atoms. The number of likely N-dealkylation sites (N-methyl/N-ethyl adjacent to an activating group) is 1. The quantitative estimate of drug-likeness (QED) is 0.619. The van der Waals surface area contributed by atoms with Crippen LogP contribution in [0.15, 0.2) is 42.6 Å². The Morgan fingerprint density at radius 1 is 1.03 bits per heavy atom. The van der Waals surface area contributed by atoms with E-state index in [2.05, 4.69) is 32.1 Å². The van der Waals surface area contributed by atoms with E-state index in [9.17, 15) is 9.18 Å². The van der Waals surface area contributed by atoms with Gasteiger partial charge >= 0.3 is 0 Å². The van der Waals surface area contributed by atoms with Crippen molar-refractivity contribution in [2.24, 2.45) is 0 Å². The second kappa shape index (κ2) is 8.20. The van der Waals surface area contributed by atoms with Crippen molar-refractivity contribution in [3.05, 3.63) is 59.7 Å². The number of rotatable bonds is 3. The van der Waals surface area contributed by atoms with Crippen molar-refractivity contribution < 1.29 is 9.18 Å². The van der Waals surface area contributed by atoms with Crippen LogP contribution in [0, 0.1) is 5.95 Å². The fourth-order valence-corrected chi connectivity index (χ4v) is 4.31. The first-order valence-electron chi connectivity index (χ1n) is 10.8. The standard InChI is InChI=1S/C24H25FN6O/c1-30-8-10-31(11-9-30)17-3-5-21(28-14-17)20-13-19(23(26)29-22(20)25)15-2-4-18-16(12-15)6-7-27-24(18)32/h2-5,12-14H,6-11H2,1H3,(H2,26,29)(H,27,32). The van der Waals surface area contributed by atoms with Crippen molar-refractivity contribution in [3.8, 4) is 22.4 Å². The number of pyridine rings is 2. The lowest BCUT2D eigenvalue weighted by Crippen LogP contribution is -2.44. The van der Waals surface area contributed by atoms with Gasteiger partial charge in [0.1, 0.15) is 5.82 Å². The van der Waals surface area contributed by atoms with E-state index in [0.717, 1.165) is 49.4 Å². The van der Waals surface area contributed by atoms with E-state index in [4.69, 9.17) is 5.73 Å². The molecule has 164 valence electrons. The zero-order valence-electron chi connectivity index (χ0n) is 17.9. The third kappa shape index (κ3) is 3.78. The number of hydrogen-bond donors (Lipinski definition) is 2. The van der Waals surface area contributed by atoms with Gasteiger partial charge in [-0.1, -0.05) is 12.1 Å². The normalized spacial score (nSPS) is 16.6. The predicted octanol–water partition coefficient (Wildman–Crippen LogP) is 2.57. The Morgan fingerprint density at radius 3 is 2.59 bits per heavy atom. The van der Waals surface area contributed by atoms with Crippen molar-refractivity contribution in [3.63, 3.8) is 0 Å². The summed E-state index contributed by atoms with van der Waals surface area (Å²) < 4.78 is 14.8. The van der Waals surface area contributed by atoms with Crippen LogP contribution in [0.2, 0.25) is 0 Å². The smallest absolute Gasteiger partial charge is 0.251 e. The van der Waals surface area contributed by atoms with Crippen molar-refractivity contribution >= 4 is 17.4 Å². The van der Waals surface area contributed by atoms with Gasteiger partial charge in [0.25, 0.3) is 5.91 Å². The van der Waals surface area contributed by atoms with Crippen LogP contribution in [0.3, 0.4) is 0 Å². The highest BCUT2D eigenvalue weighted by Gasteiger charge is 2.20.